The van der Waals surface area contributed by atoms with E-state index < -0.39 is 0 Å². The van der Waals surface area contributed by atoms with Crippen molar-refractivity contribution in [1.29, 1.82) is 0 Å². The van der Waals surface area contributed by atoms with Gasteiger partial charge in [0.2, 0.25) is 0 Å². The standard InChI is InChI=1S/C15H28N4/c1-13(2)10-16-11-15(7-5-4-6-8-15)9-14-17-12-18-19(14)3/h12-13,16H,4-11H2,1-3H3. The summed E-state index contributed by atoms with van der Waals surface area (Å²) >= 11 is 0. The summed E-state index contributed by atoms with van der Waals surface area (Å²) in [7, 11) is 2.00. The quantitative estimate of drug-likeness (QED) is 0.858. The summed E-state index contributed by atoms with van der Waals surface area (Å²) in [5, 5.41) is 7.88. The van der Waals surface area contributed by atoms with Gasteiger partial charge in [-0.25, -0.2) is 4.98 Å². The van der Waals surface area contributed by atoms with Crippen LogP contribution < -0.4 is 5.32 Å². The van der Waals surface area contributed by atoms with E-state index in [2.05, 4.69) is 29.2 Å². The van der Waals surface area contributed by atoms with Crippen molar-refractivity contribution in [2.24, 2.45) is 18.4 Å². The minimum absolute atomic E-state index is 0.397. The maximum atomic E-state index is 4.42. The molecule has 1 saturated carbocycles. The lowest BCUT2D eigenvalue weighted by Gasteiger charge is -2.37. The van der Waals surface area contributed by atoms with Gasteiger partial charge >= 0.3 is 0 Å². The topological polar surface area (TPSA) is 42.7 Å². The van der Waals surface area contributed by atoms with E-state index in [1.54, 1.807) is 6.33 Å². The molecule has 1 aliphatic rings. The van der Waals surface area contributed by atoms with Crippen LogP contribution in [0.3, 0.4) is 0 Å². The molecule has 0 unspecified atom stereocenters. The Morgan fingerprint density at radius 3 is 2.63 bits per heavy atom. The first-order chi connectivity index (χ1) is 9.11. The van der Waals surface area contributed by atoms with Crippen LogP contribution in [0.5, 0.6) is 0 Å². The molecule has 0 spiro atoms. The summed E-state index contributed by atoms with van der Waals surface area (Å²) in [6.45, 7) is 6.77. The van der Waals surface area contributed by atoms with E-state index in [1.165, 1.54) is 32.1 Å². The zero-order valence-corrected chi connectivity index (χ0v) is 12.7. The second-order valence-electron chi connectivity index (χ2n) is 6.56. The molecule has 1 fully saturated rings. The highest BCUT2D eigenvalue weighted by Gasteiger charge is 2.33. The van der Waals surface area contributed by atoms with Gasteiger partial charge < -0.3 is 5.32 Å². The minimum Gasteiger partial charge on any atom is -0.316 e. The molecule has 2 rings (SSSR count). The summed E-state index contributed by atoms with van der Waals surface area (Å²) < 4.78 is 1.93. The summed E-state index contributed by atoms with van der Waals surface area (Å²) in [4.78, 5) is 4.42. The van der Waals surface area contributed by atoms with Crippen LogP contribution in [0.1, 0.15) is 51.8 Å². The highest BCUT2D eigenvalue weighted by molar-refractivity contribution is 4.96. The third kappa shape index (κ3) is 4.03. The Balaban J connectivity index is 1.99. The van der Waals surface area contributed by atoms with Crippen molar-refractivity contribution in [3.63, 3.8) is 0 Å². The molecule has 0 bridgehead atoms. The average Bonchev–Trinajstić information content (AvgIpc) is 2.75. The van der Waals surface area contributed by atoms with E-state index in [-0.39, 0.29) is 0 Å². The van der Waals surface area contributed by atoms with Crippen molar-refractivity contribution in [2.75, 3.05) is 13.1 Å². The predicted molar refractivity (Wildman–Crippen MR) is 77.9 cm³/mol. The zero-order valence-electron chi connectivity index (χ0n) is 12.7. The number of hydrogen-bond donors (Lipinski definition) is 1. The summed E-state index contributed by atoms with van der Waals surface area (Å²) in [5.74, 6) is 1.85. The minimum atomic E-state index is 0.397. The predicted octanol–water partition coefficient (Wildman–Crippen LogP) is 2.55. The van der Waals surface area contributed by atoms with Crippen LogP contribution in [0.4, 0.5) is 0 Å². The maximum absolute atomic E-state index is 4.42. The molecule has 1 aliphatic carbocycles. The van der Waals surface area contributed by atoms with Gasteiger partial charge in [0.05, 0.1) is 0 Å². The van der Waals surface area contributed by atoms with Gasteiger partial charge in [0, 0.05) is 20.0 Å². The molecular formula is C15H28N4. The molecule has 1 N–H and O–H groups in total. The molecule has 0 saturated heterocycles. The van der Waals surface area contributed by atoms with Gasteiger partial charge in [-0.05, 0) is 30.7 Å². The van der Waals surface area contributed by atoms with E-state index in [4.69, 9.17) is 0 Å². The number of rotatable bonds is 6. The zero-order chi connectivity index (χ0) is 13.7. The van der Waals surface area contributed by atoms with Gasteiger partial charge in [-0.3, -0.25) is 4.68 Å². The average molecular weight is 264 g/mol. The van der Waals surface area contributed by atoms with Gasteiger partial charge in [-0.15, -0.1) is 0 Å². The van der Waals surface area contributed by atoms with Crippen molar-refractivity contribution in [3.05, 3.63) is 12.2 Å². The molecule has 1 aromatic rings. The first-order valence-electron chi connectivity index (χ1n) is 7.65. The Morgan fingerprint density at radius 1 is 1.32 bits per heavy atom. The van der Waals surface area contributed by atoms with Gasteiger partial charge in [-0.2, -0.15) is 5.10 Å². The molecule has 0 aliphatic heterocycles. The van der Waals surface area contributed by atoms with E-state index in [1.807, 2.05) is 11.7 Å². The van der Waals surface area contributed by atoms with Crippen LogP contribution >= 0.6 is 0 Å². The largest absolute Gasteiger partial charge is 0.316 e. The maximum Gasteiger partial charge on any atom is 0.138 e. The molecule has 0 radical (unpaired) electrons. The van der Waals surface area contributed by atoms with Gasteiger partial charge in [0.1, 0.15) is 12.2 Å². The molecule has 108 valence electrons. The van der Waals surface area contributed by atoms with E-state index in [0.717, 1.165) is 31.3 Å². The summed E-state index contributed by atoms with van der Waals surface area (Å²) in [6.07, 6.45) is 9.51. The van der Waals surface area contributed by atoms with E-state index in [0.29, 0.717) is 5.41 Å². The van der Waals surface area contributed by atoms with Gasteiger partial charge in [0.25, 0.3) is 0 Å². The third-order valence-corrected chi connectivity index (χ3v) is 4.31. The van der Waals surface area contributed by atoms with Crippen molar-refractivity contribution in [2.45, 2.75) is 52.4 Å². The van der Waals surface area contributed by atoms with Gasteiger partial charge in [0.15, 0.2) is 0 Å². The SMILES string of the molecule is CC(C)CNCC1(Cc2ncnn2C)CCCCC1. The molecule has 0 aromatic carbocycles. The van der Waals surface area contributed by atoms with Crippen LogP contribution in [0.15, 0.2) is 6.33 Å². The van der Waals surface area contributed by atoms with Gasteiger partial charge in [-0.1, -0.05) is 33.1 Å². The molecule has 0 atom stereocenters. The molecule has 0 amide bonds. The normalized spacial score (nSPS) is 18.9. The van der Waals surface area contributed by atoms with Crippen LogP contribution in [-0.2, 0) is 13.5 Å². The summed E-state index contributed by atoms with van der Waals surface area (Å²) in [5.41, 5.74) is 0.397. The fourth-order valence-corrected chi connectivity index (χ4v) is 3.16. The smallest absolute Gasteiger partial charge is 0.138 e. The molecule has 1 aromatic heterocycles. The second-order valence-corrected chi connectivity index (χ2v) is 6.56. The van der Waals surface area contributed by atoms with E-state index in [9.17, 15) is 0 Å². The Kier molecular flexibility index (Phi) is 4.97. The van der Waals surface area contributed by atoms with Crippen molar-refractivity contribution >= 4 is 0 Å². The lowest BCUT2D eigenvalue weighted by atomic mass is 9.71. The number of nitrogens with one attached hydrogen (secondary N) is 1. The Hall–Kier alpha value is -0.900. The van der Waals surface area contributed by atoms with Crippen LogP contribution in [0.2, 0.25) is 0 Å². The fraction of sp³-hybridized carbons (Fsp3) is 0.867. The summed E-state index contributed by atoms with van der Waals surface area (Å²) in [6, 6.07) is 0. The third-order valence-electron chi connectivity index (χ3n) is 4.31. The Morgan fingerprint density at radius 2 is 2.05 bits per heavy atom. The molecule has 4 nitrogen and oxygen atoms in total. The lowest BCUT2D eigenvalue weighted by molar-refractivity contribution is 0.174. The number of aromatic nitrogens is 3. The first-order valence-corrected chi connectivity index (χ1v) is 7.65. The number of hydrogen-bond acceptors (Lipinski definition) is 3. The number of aryl methyl sites for hydroxylation is 1. The van der Waals surface area contributed by atoms with E-state index >= 15 is 0 Å². The first kappa shape index (κ1) is 14.5. The molecule has 19 heavy (non-hydrogen) atoms. The monoisotopic (exact) mass is 264 g/mol. The Bertz CT molecular complexity index is 377. The van der Waals surface area contributed by atoms with Crippen LogP contribution in [0.25, 0.3) is 0 Å². The molecular weight excluding hydrogens is 236 g/mol. The number of nitrogens with zero attached hydrogens (tertiary/aromatic N) is 3. The lowest BCUT2D eigenvalue weighted by Crippen LogP contribution is -2.39. The second kappa shape index (κ2) is 6.51. The highest BCUT2D eigenvalue weighted by Crippen LogP contribution is 2.38. The van der Waals surface area contributed by atoms with Crippen molar-refractivity contribution in [3.8, 4) is 0 Å². The van der Waals surface area contributed by atoms with Crippen LogP contribution in [0, 0.1) is 11.3 Å². The highest BCUT2D eigenvalue weighted by atomic mass is 15.3. The van der Waals surface area contributed by atoms with Crippen molar-refractivity contribution < 1.29 is 0 Å². The van der Waals surface area contributed by atoms with Crippen LogP contribution in [-0.4, -0.2) is 27.9 Å². The molecule has 4 heteroatoms. The van der Waals surface area contributed by atoms with Crippen molar-refractivity contribution in [1.82, 2.24) is 20.1 Å². The fourth-order valence-electron chi connectivity index (χ4n) is 3.16. The molecule has 1 heterocycles. The Labute approximate surface area is 117 Å².